The Bertz CT molecular complexity index is 504. The number of aliphatic hydroxyl groups is 1. The number of nitrogens with zero attached hydrogens (tertiary/aromatic N) is 1. The van der Waals surface area contributed by atoms with Gasteiger partial charge in [-0.1, -0.05) is 57.5 Å². The second-order valence-corrected chi connectivity index (χ2v) is 7.34. The lowest BCUT2D eigenvalue weighted by Gasteiger charge is -2.26. The van der Waals surface area contributed by atoms with Gasteiger partial charge in [0.15, 0.2) is 0 Å². The molecule has 1 heterocycles. The van der Waals surface area contributed by atoms with E-state index in [-0.39, 0.29) is 24.0 Å². The molecule has 0 radical (unpaired) electrons. The minimum absolute atomic E-state index is 0.0869. The molecule has 0 saturated carbocycles. The van der Waals surface area contributed by atoms with Crippen LogP contribution in [0.5, 0.6) is 0 Å². The van der Waals surface area contributed by atoms with Crippen molar-refractivity contribution in [3.8, 4) is 0 Å². The number of amides is 1. The number of nitrogens with one attached hydrogen (secondary N) is 1. The molecule has 2 rings (SSSR count). The molecule has 1 aliphatic rings. The molecule has 4 heteroatoms. The van der Waals surface area contributed by atoms with E-state index in [2.05, 4.69) is 43.1 Å². The fraction of sp³-hybridized carbons (Fsp3) is 0.650. The molecule has 0 spiro atoms. The Morgan fingerprint density at radius 3 is 2.67 bits per heavy atom. The third-order valence-corrected chi connectivity index (χ3v) is 4.99. The summed E-state index contributed by atoms with van der Waals surface area (Å²) in [6, 6.07) is 10.5. The monoisotopic (exact) mass is 332 g/mol. The summed E-state index contributed by atoms with van der Waals surface area (Å²) < 4.78 is 0. The Labute approximate surface area is 146 Å². The predicted molar refractivity (Wildman–Crippen MR) is 97.5 cm³/mol. The predicted octanol–water partition coefficient (Wildman–Crippen LogP) is 2.81. The molecule has 0 aliphatic carbocycles. The lowest BCUT2D eigenvalue weighted by Crippen LogP contribution is -2.42. The van der Waals surface area contributed by atoms with Gasteiger partial charge in [-0.25, -0.2) is 0 Å². The van der Waals surface area contributed by atoms with Crippen LogP contribution in [0.25, 0.3) is 0 Å². The highest BCUT2D eigenvalue weighted by molar-refractivity contribution is 5.78. The largest absolute Gasteiger partial charge is 0.392 e. The van der Waals surface area contributed by atoms with Crippen LogP contribution >= 0.6 is 0 Å². The molecule has 0 aromatic heterocycles. The molecule has 2 N–H and O–H groups in total. The normalized spacial score (nSPS) is 22.7. The number of aliphatic hydroxyl groups excluding tert-OH is 1. The van der Waals surface area contributed by atoms with Crippen molar-refractivity contribution in [3.05, 3.63) is 35.9 Å². The van der Waals surface area contributed by atoms with E-state index in [4.69, 9.17) is 0 Å². The van der Waals surface area contributed by atoms with Crippen molar-refractivity contribution in [2.24, 2.45) is 11.8 Å². The van der Waals surface area contributed by atoms with Gasteiger partial charge in [0.05, 0.1) is 6.10 Å². The lowest BCUT2D eigenvalue weighted by molar-refractivity contribution is -0.126. The van der Waals surface area contributed by atoms with Crippen molar-refractivity contribution in [2.45, 2.75) is 58.7 Å². The number of carbonyl (C=O) groups is 1. The lowest BCUT2D eigenvalue weighted by atomic mass is 9.90. The number of carbonyl (C=O) groups excluding carboxylic acids is 1. The molecule has 3 unspecified atom stereocenters. The van der Waals surface area contributed by atoms with E-state index in [0.29, 0.717) is 19.0 Å². The molecule has 24 heavy (non-hydrogen) atoms. The summed E-state index contributed by atoms with van der Waals surface area (Å²) in [5.41, 5.74) is 1.24. The molecule has 1 aliphatic heterocycles. The van der Waals surface area contributed by atoms with E-state index in [1.54, 1.807) is 0 Å². The van der Waals surface area contributed by atoms with Crippen LogP contribution in [0.15, 0.2) is 30.3 Å². The molecule has 1 aromatic rings. The second kappa shape index (κ2) is 9.19. The molecule has 4 nitrogen and oxygen atoms in total. The number of benzene rings is 1. The number of hydrogen-bond acceptors (Lipinski definition) is 3. The molecular formula is C20H32N2O2. The average Bonchev–Trinajstić information content (AvgIpc) is 2.90. The zero-order chi connectivity index (χ0) is 17.5. The van der Waals surface area contributed by atoms with Gasteiger partial charge in [-0.3, -0.25) is 9.69 Å². The van der Waals surface area contributed by atoms with Crippen molar-refractivity contribution in [1.29, 1.82) is 0 Å². The van der Waals surface area contributed by atoms with E-state index in [0.717, 1.165) is 25.8 Å². The standard InChI is InChI=1S/C20H32N2O2/c1-4-8-19(15(2)3)20(24)21-12-17-11-18(23)14-22(17)13-16-9-6-5-7-10-16/h5-7,9-10,15,17-19,23H,4,8,11-14H2,1-3H3,(H,21,24). The second-order valence-electron chi connectivity index (χ2n) is 7.34. The molecule has 1 fully saturated rings. The van der Waals surface area contributed by atoms with Crippen LogP contribution in [-0.2, 0) is 11.3 Å². The van der Waals surface area contributed by atoms with Gasteiger partial charge in [-0.2, -0.15) is 0 Å². The van der Waals surface area contributed by atoms with Gasteiger partial charge < -0.3 is 10.4 Å². The smallest absolute Gasteiger partial charge is 0.223 e. The molecule has 134 valence electrons. The van der Waals surface area contributed by atoms with Crippen molar-refractivity contribution in [1.82, 2.24) is 10.2 Å². The summed E-state index contributed by atoms with van der Waals surface area (Å²) in [5, 5.41) is 13.2. The van der Waals surface area contributed by atoms with E-state index >= 15 is 0 Å². The van der Waals surface area contributed by atoms with Crippen LogP contribution in [0.3, 0.4) is 0 Å². The van der Waals surface area contributed by atoms with Crippen LogP contribution in [0.1, 0.15) is 45.6 Å². The van der Waals surface area contributed by atoms with Gasteiger partial charge in [0, 0.05) is 31.6 Å². The molecule has 1 saturated heterocycles. The van der Waals surface area contributed by atoms with Gasteiger partial charge >= 0.3 is 0 Å². The maximum absolute atomic E-state index is 12.5. The van der Waals surface area contributed by atoms with Crippen molar-refractivity contribution < 1.29 is 9.90 Å². The number of rotatable bonds is 8. The van der Waals surface area contributed by atoms with Crippen LogP contribution < -0.4 is 5.32 Å². The van der Waals surface area contributed by atoms with Gasteiger partial charge in [0.1, 0.15) is 0 Å². The maximum atomic E-state index is 12.5. The van der Waals surface area contributed by atoms with Gasteiger partial charge in [0.25, 0.3) is 0 Å². The number of β-amino-alcohol motifs (C(OH)–C–C–N with tert-alkyl or cyclic N) is 1. The topological polar surface area (TPSA) is 52.6 Å². The Balaban J connectivity index is 1.90. The van der Waals surface area contributed by atoms with Crippen molar-refractivity contribution >= 4 is 5.91 Å². The molecule has 3 atom stereocenters. The number of hydrogen-bond donors (Lipinski definition) is 2. The minimum Gasteiger partial charge on any atom is -0.392 e. The average molecular weight is 332 g/mol. The highest BCUT2D eigenvalue weighted by Crippen LogP contribution is 2.21. The summed E-state index contributed by atoms with van der Waals surface area (Å²) in [6.45, 7) is 8.47. The number of likely N-dealkylation sites (tertiary alicyclic amines) is 1. The third-order valence-electron chi connectivity index (χ3n) is 4.99. The highest BCUT2D eigenvalue weighted by atomic mass is 16.3. The van der Waals surface area contributed by atoms with E-state index in [1.807, 2.05) is 18.2 Å². The first-order valence-electron chi connectivity index (χ1n) is 9.25. The van der Waals surface area contributed by atoms with Gasteiger partial charge in [0.2, 0.25) is 5.91 Å². The molecule has 1 amide bonds. The fourth-order valence-corrected chi connectivity index (χ4v) is 3.61. The minimum atomic E-state index is -0.299. The molecule has 1 aromatic carbocycles. The maximum Gasteiger partial charge on any atom is 0.223 e. The molecular weight excluding hydrogens is 300 g/mol. The summed E-state index contributed by atoms with van der Waals surface area (Å²) in [5.74, 6) is 0.608. The van der Waals surface area contributed by atoms with Crippen LogP contribution in [0.4, 0.5) is 0 Å². The van der Waals surface area contributed by atoms with E-state index in [9.17, 15) is 9.90 Å². The fourth-order valence-electron chi connectivity index (χ4n) is 3.61. The Morgan fingerprint density at radius 2 is 2.04 bits per heavy atom. The first-order chi connectivity index (χ1) is 11.5. The third kappa shape index (κ3) is 5.32. The zero-order valence-corrected chi connectivity index (χ0v) is 15.2. The Hall–Kier alpha value is -1.39. The first-order valence-corrected chi connectivity index (χ1v) is 9.25. The quantitative estimate of drug-likeness (QED) is 0.770. The van der Waals surface area contributed by atoms with Crippen molar-refractivity contribution in [2.75, 3.05) is 13.1 Å². The first kappa shape index (κ1) is 18.9. The SMILES string of the molecule is CCCC(C(=O)NCC1CC(O)CN1Cc1ccccc1)C(C)C. The Morgan fingerprint density at radius 1 is 1.33 bits per heavy atom. The van der Waals surface area contributed by atoms with Gasteiger partial charge in [-0.05, 0) is 24.3 Å². The van der Waals surface area contributed by atoms with Crippen LogP contribution in [0, 0.1) is 11.8 Å². The Kier molecular flexibility index (Phi) is 7.25. The zero-order valence-electron chi connectivity index (χ0n) is 15.2. The summed E-state index contributed by atoms with van der Waals surface area (Å²) in [4.78, 5) is 14.8. The summed E-state index contributed by atoms with van der Waals surface area (Å²) in [6.07, 6.45) is 2.39. The summed E-state index contributed by atoms with van der Waals surface area (Å²) in [7, 11) is 0. The van der Waals surface area contributed by atoms with E-state index < -0.39 is 0 Å². The highest BCUT2D eigenvalue weighted by Gasteiger charge is 2.31. The van der Waals surface area contributed by atoms with Gasteiger partial charge in [-0.15, -0.1) is 0 Å². The summed E-state index contributed by atoms with van der Waals surface area (Å²) >= 11 is 0. The van der Waals surface area contributed by atoms with Crippen LogP contribution in [0.2, 0.25) is 0 Å². The van der Waals surface area contributed by atoms with Crippen molar-refractivity contribution in [3.63, 3.8) is 0 Å². The van der Waals surface area contributed by atoms with E-state index in [1.165, 1.54) is 5.56 Å². The molecule has 0 bridgehead atoms. The van der Waals surface area contributed by atoms with Crippen LogP contribution in [-0.4, -0.2) is 41.1 Å².